The molecule has 4 rings (SSSR count). The van der Waals surface area contributed by atoms with Crippen LogP contribution in [0.4, 0.5) is 0 Å². The number of imide groups is 1. The fourth-order valence-corrected chi connectivity index (χ4v) is 9.04. The number of carbonyl (C=O) groups is 6. The molecule has 2 aliphatic heterocycles. The molecule has 2 N–H and O–H groups in total. The van der Waals surface area contributed by atoms with Crippen LogP contribution in [0, 0.1) is 11.8 Å². The number of carbonyl (C=O) groups excluding carboxylic acids is 6. The van der Waals surface area contributed by atoms with E-state index in [0.29, 0.717) is 43.3 Å². The molecule has 2 aromatic rings. The molecule has 1 saturated heterocycles. The summed E-state index contributed by atoms with van der Waals surface area (Å²) in [6.45, 7) is 11.0. The van der Waals surface area contributed by atoms with E-state index in [1.807, 2.05) is 82.2 Å². The van der Waals surface area contributed by atoms with E-state index in [4.69, 9.17) is 9.47 Å². The summed E-state index contributed by atoms with van der Waals surface area (Å²) in [5.74, 6) is -1.39. The average molecular weight is 968 g/mol. The Bertz CT molecular complexity index is 1970. The lowest BCUT2D eigenvalue weighted by molar-refractivity contribution is -0.145. The Morgan fingerprint density at radius 3 is 2.18 bits per heavy atom. The van der Waals surface area contributed by atoms with Crippen molar-refractivity contribution < 1.29 is 38.2 Å². The average Bonchev–Trinajstić information content (AvgIpc) is 4.06. The van der Waals surface area contributed by atoms with Gasteiger partial charge in [-0.3, -0.25) is 43.1 Å². The summed E-state index contributed by atoms with van der Waals surface area (Å²) in [7, 11) is 12.3. The van der Waals surface area contributed by atoms with Crippen LogP contribution >= 0.6 is 11.9 Å². The number of hydrogen-bond donors (Lipinski definition) is 2. The Morgan fingerprint density at radius 2 is 1.59 bits per heavy atom. The Balaban J connectivity index is 0.00000397. The Hall–Kier alpha value is -5.34. The van der Waals surface area contributed by atoms with Crippen molar-refractivity contribution in [2.24, 2.45) is 16.8 Å². The molecule has 19 nitrogen and oxygen atoms in total. The zero-order chi connectivity index (χ0) is 50.5. The molecule has 1 fully saturated rings. The van der Waals surface area contributed by atoms with Gasteiger partial charge < -0.3 is 34.4 Å². The number of methoxy groups -OCH3 is 2. The summed E-state index contributed by atoms with van der Waals surface area (Å²) in [5.41, 5.74) is 1.35. The fraction of sp³-hybridized carbons (Fsp3) is 0.646. The molecule has 0 radical (unpaired) electrons. The molecule has 1 aromatic carbocycles. The molecule has 0 aliphatic carbocycles. The van der Waals surface area contributed by atoms with Gasteiger partial charge in [-0.1, -0.05) is 95.0 Å². The predicted octanol–water partition coefficient (Wildman–Crippen LogP) is 3.40. The minimum absolute atomic E-state index is 0.0117. The summed E-state index contributed by atoms with van der Waals surface area (Å²) in [6, 6.07) is 7.72. The summed E-state index contributed by atoms with van der Waals surface area (Å²) in [5, 5.41) is 11.1. The number of ether oxygens (including phenoxy) is 2. The number of hydrogen-bond acceptors (Lipinski definition) is 12. The van der Waals surface area contributed by atoms with Crippen LogP contribution in [0.2, 0.25) is 0 Å². The van der Waals surface area contributed by atoms with Crippen molar-refractivity contribution in [3.8, 4) is 0 Å². The van der Waals surface area contributed by atoms with Gasteiger partial charge in [-0.25, -0.2) is 4.99 Å². The van der Waals surface area contributed by atoms with Crippen molar-refractivity contribution in [1.29, 1.82) is 0 Å². The SMILES string of the molecule is CCC.CCC(C)C(C(CC(=O)N1CCCC1C(OC)C(C)C(=O)N[C@@H](Cc1ccccc1)C(=O)NSCCCn1cc(CN2C(=O)C=CC2=O)nn1)OC)N(C)C(=O)CN=C(N(C)C)N(C)C. The molecule has 7 atom stereocenters. The minimum Gasteiger partial charge on any atom is -0.379 e. The van der Waals surface area contributed by atoms with E-state index in [2.05, 4.69) is 39.2 Å². The van der Waals surface area contributed by atoms with Crippen LogP contribution in [-0.4, -0.2) is 180 Å². The molecule has 0 spiro atoms. The van der Waals surface area contributed by atoms with E-state index < -0.39 is 36.3 Å². The van der Waals surface area contributed by atoms with E-state index in [1.54, 1.807) is 41.8 Å². The second-order valence-corrected chi connectivity index (χ2v) is 18.6. The normalized spacial score (nSPS) is 17.0. The van der Waals surface area contributed by atoms with Crippen molar-refractivity contribution in [3.05, 3.63) is 59.9 Å². The number of guanidine groups is 1. The van der Waals surface area contributed by atoms with Gasteiger partial charge in [0.05, 0.1) is 49.4 Å². The number of aryl methyl sites for hydroxylation is 1. The van der Waals surface area contributed by atoms with Crippen LogP contribution in [0.3, 0.4) is 0 Å². The second kappa shape index (κ2) is 28.9. The molecule has 6 amide bonds. The van der Waals surface area contributed by atoms with Gasteiger partial charge in [-0.2, -0.15) is 0 Å². The van der Waals surface area contributed by atoms with Crippen molar-refractivity contribution in [2.75, 3.05) is 68.3 Å². The minimum atomic E-state index is -0.898. The molecular formula is C48H77N11O8S. The molecule has 3 heterocycles. The number of rotatable bonds is 24. The topological polar surface area (TPSA) is 204 Å². The number of amides is 6. The van der Waals surface area contributed by atoms with Crippen LogP contribution in [0.25, 0.3) is 0 Å². The van der Waals surface area contributed by atoms with Crippen LogP contribution < -0.4 is 10.0 Å². The number of nitrogens with one attached hydrogen (secondary N) is 2. The molecule has 1 aromatic heterocycles. The Kier molecular flexibility index (Phi) is 24.2. The number of aromatic nitrogens is 3. The van der Waals surface area contributed by atoms with Crippen LogP contribution in [0.15, 0.2) is 53.7 Å². The van der Waals surface area contributed by atoms with Crippen molar-refractivity contribution in [3.63, 3.8) is 0 Å². The monoisotopic (exact) mass is 968 g/mol. The Labute approximate surface area is 407 Å². The summed E-state index contributed by atoms with van der Waals surface area (Å²) >= 11 is 1.22. The number of benzene rings is 1. The number of likely N-dealkylation sites (tertiary alicyclic amines) is 1. The van der Waals surface area contributed by atoms with Crippen LogP contribution in [0.5, 0.6) is 0 Å². The van der Waals surface area contributed by atoms with Crippen molar-refractivity contribution >= 4 is 53.4 Å². The van der Waals surface area contributed by atoms with E-state index >= 15 is 0 Å². The lowest BCUT2D eigenvalue weighted by Gasteiger charge is -2.39. The van der Waals surface area contributed by atoms with Gasteiger partial charge in [0.25, 0.3) is 17.7 Å². The highest BCUT2D eigenvalue weighted by atomic mass is 32.2. The lowest BCUT2D eigenvalue weighted by atomic mass is 9.90. The molecule has 2 aliphatic rings. The van der Waals surface area contributed by atoms with Crippen molar-refractivity contribution in [1.82, 2.24) is 49.5 Å². The molecule has 378 valence electrons. The molecule has 0 saturated carbocycles. The van der Waals surface area contributed by atoms with Crippen LogP contribution in [0.1, 0.15) is 84.4 Å². The third-order valence-corrected chi connectivity index (χ3v) is 12.8. The van der Waals surface area contributed by atoms with Gasteiger partial charge in [-0.05, 0) is 30.7 Å². The maximum absolute atomic E-state index is 14.3. The maximum atomic E-state index is 14.3. The highest BCUT2D eigenvalue weighted by molar-refractivity contribution is 7.97. The third kappa shape index (κ3) is 16.7. The zero-order valence-corrected chi connectivity index (χ0v) is 43.2. The van der Waals surface area contributed by atoms with Gasteiger partial charge in [-0.15, -0.1) is 5.10 Å². The van der Waals surface area contributed by atoms with E-state index in [9.17, 15) is 28.8 Å². The van der Waals surface area contributed by atoms with Gasteiger partial charge in [0.1, 0.15) is 18.3 Å². The molecule has 0 bridgehead atoms. The molecule has 20 heteroatoms. The fourth-order valence-electron chi connectivity index (χ4n) is 8.38. The van der Waals surface area contributed by atoms with Gasteiger partial charge in [0.15, 0.2) is 5.96 Å². The second-order valence-electron chi connectivity index (χ2n) is 17.7. The zero-order valence-electron chi connectivity index (χ0n) is 42.3. The molecule has 68 heavy (non-hydrogen) atoms. The molecular weight excluding hydrogens is 891 g/mol. The Morgan fingerprint density at radius 1 is 0.941 bits per heavy atom. The number of likely N-dealkylation sites (N-methyl/N-ethyl adjacent to an activating group) is 1. The van der Waals surface area contributed by atoms with Gasteiger partial charge in [0, 0.05) is 86.9 Å². The quantitative estimate of drug-likeness (QED) is 0.0510. The summed E-state index contributed by atoms with van der Waals surface area (Å²) in [4.78, 5) is 92.2. The first-order chi connectivity index (χ1) is 32.4. The maximum Gasteiger partial charge on any atom is 0.253 e. The third-order valence-electron chi connectivity index (χ3n) is 12.0. The smallest absolute Gasteiger partial charge is 0.253 e. The predicted molar refractivity (Wildman–Crippen MR) is 264 cm³/mol. The highest BCUT2D eigenvalue weighted by Crippen LogP contribution is 2.29. The van der Waals surface area contributed by atoms with E-state index in [0.717, 1.165) is 23.3 Å². The summed E-state index contributed by atoms with van der Waals surface area (Å²) in [6.07, 6.45) is 7.11. The van der Waals surface area contributed by atoms with Gasteiger partial charge >= 0.3 is 0 Å². The van der Waals surface area contributed by atoms with E-state index in [1.165, 1.54) is 37.6 Å². The first-order valence-corrected chi connectivity index (χ1v) is 24.6. The molecule has 6 unspecified atom stereocenters. The standard InChI is InChI=1S/C45H69N11O8S.C3H8/c1-11-30(2)41(53(8)40(60)27-46-45(51(4)5)52(6)7)36(63-9)26-39(59)55-23-15-19-35(55)42(64-10)31(3)43(61)47-34(25-32-17-13-12-14-18-32)44(62)49-65-24-16-22-54-28-33(48-50-54)29-56-37(57)20-21-38(56)58;1-3-2/h12-14,17-18,20-21,28,30-31,34-36,41-42H,11,15-16,19,22-27,29H2,1-10H3,(H,47,61)(H,49,62);3H2,1-2H3/t30?,31?,34-,35?,36?,41?,42?;/m0./s1. The lowest BCUT2D eigenvalue weighted by Crippen LogP contribution is -2.54. The first-order valence-electron chi connectivity index (χ1n) is 23.6. The van der Waals surface area contributed by atoms with Gasteiger partial charge in [0.2, 0.25) is 17.7 Å². The largest absolute Gasteiger partial charge is 0.379 e. The summed E-state index contributed by atoms with van der Waals surface area (Å²) < 4.78 is 16.5. The van der Waals surface area contributed by atoms with Crippen molar-refractivity contribution in [2.45, 2.75) is 123 Å². The number of aliphatic imine (C=N–C) groups is 1. The van der Waals surface area contributed by atoms with Crippen LogP contribution in [-0.2, 0) is 57.8 Å². The highest BCUT2D eigenvalue weighted by Gasteiger charge is 2.42. The number of nitrogens with zero attached hydrogens (tertiary/aromatic N) is 9. The first kappa shape index (κ1) is 57.0. The van der Waals surface area contributed by atoms with E-state index in [-0.39, 0.29) is 67.3 Å².